The lowest BCUT2D eigenvalue weighted by Crippen LogP contribution is -2.24. The van der Waals surface area contributed by atoms with Crippen LogP contribution in [0.15, 0.2) is 45.9 Å². The average Bonchev–Trinajstić information content (AvgIpc) is 3.10. The topological polar surface area (TPSA) is 115 Å². The molecule has 2 N–H and O–H groups in total. The molecule has 0 unspecified atom stereocenters. The fraction of sp³-hybridized carbons (Fsp3) is 0.188. The molecule has 0 bridgehead atoms. The van der Waals surface area contributed by atoms with Gasteiger partial charge in [-0.05, 0) is 29.8 Å². The number of aliphatic carboxylic acids is 1. The Hall–Kier alpha value is -2.78. The van der Waals surface area contributed by atoms with Crippen LogP contribution in [0.3, 0.4) is 0 Å². The monoisotopic (exact) mass is 367 g/mol. The van der Waals surface area contributed by atoms with Crippen molar-refractivity contribution in [3.05, 3.63) is 47.9 Å². The number of nitrogens with one attached hydrogen (secondary N) is 1. The summed E-state index contributed by atoms with van der Waals surface area (Å²) in [6.45, 7) is -0.0498. The van der Waals surface area contributed by atoms with Crippen LogP contribution in [0.5, 0.6) is 11.5 Å². The second-order valence-electron chi connectivity index (χ2n) is 4.82. The van der Waals surface area contributed by atoms with Crippen LogP contribution >= 0.6 is 0 Å². The Morgan fingerprint density at radius 2 is 1.96 bits per heavy atom. The van der Waals surface area contributed by atoms with Crippen LogP contribution < -0.4 is 14.2 Å². The van der Waals surface area contributed by atoms with Crippen molar-refractivity contribution in [2.45, 2.75) is 11.4 Å². The predicted octanol–water partition coefficient (Wildman–Crippen LogP) is 1.87. The lowest BCUT2D eigenvalue weighted by Gasteiger charge is -2.14. The molecule has 0 atom stereocenters. The van der Waals surface area contributed by atoms with Crippen LogP contribution in [0, 0.1) is 0 Å². The summed E-state index contributed by atoms with van der Waals surface area (Å²) in [4.78, 5) is 10.6. The lowest BCUT2D eigenvalue weighted by molar-refractivity contribution is -0.131. The third-order valence-corrected chi connectivity index (χ3v) is 4.68. The normalized spacial score (nSPS) is 11.6. The Balaban J connectivity index is 2.46. The quantitative estimate of drug-likeness (QED) is 0.684. The number of sulfonamides is 1. The molecule has 0 aliphatic heterocycles. The molecule has 8 nitrogen and oxygen atoms in total. The van der Waals surface area contributed by atoms with E-state index in [1.54, 1.807) is 12.1 Å². The molecule has 0 spiro atoms. The second kappa shape index (κ2) is 7.86. The van der Waals surface area contributed by atoms with Gasteiger partial charge < -0.3 is 19.0 Å². The fourth-order valence-corrected chi connectivity index (χ4v) is 3.24. The number of hydrogen-bond acceptors (Lipinski definition) is 6. The molecule has 0 fully saturated rings. The molecule has 25 heavy (non-hydrogen) atoms. The van der Waals surface area contributed by atoms with E-state index in [1.165, 1.54) is 38.7 Å². The predicted molar refractivity (Wildman–Crippen MR) is 88.9 cm³/mol. The summed E-state index contributed by atoms with van der Waals surface area (Å²) >= 11 is 0. The Morgan fingerprint density at radius 3 is 2.52 bits per heavy atom. The number of benzene rings is 1. The molecule has 2 rings (SSSR count). The zero-order valence-electron chi connectivity index (χ0n) is 13.6. The van der Waals surface area contributed by atoms with E-state index < -0.39 is 16.0 Å². The second-order valence-corrected chi connectivity index (χ2v) is 6.56. The standard InChI is InChI=1S/C16H17NO7S/c1-22-13-8-11(5-6-16(18)19)15(9-14(13)23-2)25(20,21)17-10-12-4-3-7-24-12/h3-9,17H,10H2,1-2H3,(H,18,19). The van der Waals surface area contributed by atoms with E-state index in [4.69, 9.17) is 19.0 Å². The van der Waals surface area contributed by atoms with Gasteiger partial charge in [0.05, 0.1) is 31.9 Å². The van der Waals surface area contributed by atoms with Gasteiger partial charge in [-0.25, -0.2) is 17.9 Å². The van der Waals surface area contributed by atoms with E-state index in [9.17, 15) is 13.2 Å². The first kappa shape index (κ1) is 18.6. The van der Waals surface area contributed by atoms with Crippen LogP contribution in [-0.2, 0) is 21.4 Å². The number of methoxy groups -OCH3 is 2. The maximum Gasteiger partial charge on any atom is 0.328 e. The fourth-order valence-electron chi connectivity index (χ4n) is 2.06. The third kappa shape index (κ3) is 4.61. The molecule has 2 aromatic rings. The molecule has 9 heteroatoms. The highest BCUT2D eigenvalue weighted by molar-refractivity contribution is 7.89. The van der Waals surface area contributed by atoms with Gasteiger partial charge in [-0.2, -0.15) is 0 Å². The molecule has 134 valence electrons. The number of ether oxygens (including phenoxy) is 2. The van der Waals surface area contributed by atoms with Crippen molar-refractivity contribution in [2.24, 2.45) is 0 Å². The zero-order chi connectivity index (χ0) is 18.4. The van der Waals surface area contributed by atoms with E-state index in [0.717, 1.165) is 6.08 Å². The number of carbonyl (C=O) groups is 1. The smallest absolute Gasteiger partial charge is 0.328 e. The molecule has 0 saturated heterocycles. The summed E-state index contributed by atoms with van der Waals surface area (Å²) in [7, 11) is -1.20. The van der Waals surface area contributed by atoms with Crippen molar-refractivity contribution in [1.82, 2.24) is 4.72 Å². The summed E-state index contributed by atoms with van der Waals surface area (Å²) in [6, 6.07) is 5.92. The number of carboxylic acids is 1. The minimum absolute atomic E-state index is 0.0498. The van der Waals surface area contributed by atoms with Crippen LogP contribution in [0.2, 0.25) is 0 Å². The van der Waals surface area contributed by atoms with Crippen molar-refractivity contribution >= 4 is 22.1 Å². The van der Waals surface area contributed by atoms with Crippen molar-refractivity contribution in [3.63, 3.8) is 0 Å². The Morgan fingerprint density at radius 1 is 1.28 bits per heavy atom. The number of carboxylic acid groups (broad SMARTS) is 1. The highest BCUT2D eigenvalue weighted by atomic mass is 32.2. The molecule has 0 amide bonds. The van der Waals surface area contributed by atoms with Gasteiger partial charge in [0.1, 0.15) is 5.76 Å². The van der Waals surface area contributed by atoms with Gasteiger partial charge in [0, 0.05) is 12.1 Å². The minimum atomic E-state index is -3.96. The maximum absolute atomic E-state index is 12.6. The number of hydrogen-bond donors (Lipinski definition) is 2. The molecular formula is C16H17NO7S. The van der Waals surface area contributed by atoms with Crippen LogP contribution in [0.25, 0.3) is 6.08 Å². The Labute approximate surface area is 144 Å². The van der Waals surface area contributed by atoms with E-state index in [1.807, 2.05) is 0 Å². The molecule has 1 heterocycles. The molecule has 0 saturated carbocycles. The Kier molecular flexibility index (Phi) is 5.84. The summed E-state index contributed by atoms with van der Waals surface area (Å²) in [5.74, 6) is -0.292. The molecule has 0 aliphatic carbocycles. The molecule has 0 radical (unpaired) electrons. The molecule has 1 aromatic carbocycles. The first-order valence-electron chi connectivity index (χ1n) is 7.06. The molecular weight excluding hydrogens is 350 g/mol. The van der Waals surface area contributed by atoms with Gasteiger partial charge in [0.2, 0.25) is 10.0 Å². The van der Waals surface area contributed by atoms with Crippen LogP contribution in [0.4, 0.5) is 0 Å². The van der Waals surface area contributed by atoms with Gasteiger partial charge in [0.25, 0.3) is 0 Å². The summed E-state index contributed by atoms with van der Waals surface area (Å²) in [5, 5.41) is 8.80. The van der Waals surface area contributed by atoms with E-state index in [0.29, 0.717) is 5.76 Å². The largest absolute Gasteiger partial charge is 0.493 e. The first-order valence-corrected chi connectivity index (χ1v) is 8.54. The summed E-state index contributed by atoms with van der Waals surface area (Å²) in [5.41, 5.74) is 0.145. The van der Waals surface area contributed by atoms with E-state index in [2.05, 4.69) is 4.72 Å². The van der Waals surface area contributed by atoms with Gasteiger partial charge in [-0.15, -0.1) is 0 Å². The highest BCUT2D eigenvalue weighted by Crippen LogP contribution is 2.33. The van der Waals surface area contributed by atoms with Gasteiger partial charge in [-0.3, -0.25) is 0 Å². The maximum atomic E-state index is 12.6. The number of furan rings is 1. The lowest BCUT2D eigenvalue weighted by atomic mass is 10.2. The molecule has 0 aliphatic rings. The van der Waals surface area contributed by atoms with Gasteiger partial charge in [-0.1, -0.05) is 0 Å². The van der Waals surface area contributed by atoms with Crippen molar-refractivity contribution in [1.29, 1.82) is 0 Å². The average molecular weight is 367 g/mol. The van der Waals surface area contributed by atoms with Crippen molar-refractivity contribution in [2.75, 3.05) is 14.2 Å². The highest BCUT2D eigenvalue weighted by Gasteiger charge is 2.21. The molecule has 1 aromatic heterocycles. The third-order valence-electron chi connectivity index (χ3n) is 3.23. The summed E-state index contributed by atoms with van der Waals surface area (Å²) in [6.07, 6.45) is 3.44. The van der Waals surface area contributed by atoms with E-state index in [-0.39, 0.29) is 28.5 Å². The SMILES string of the molecule is COc1cc(C=CC(=O)O)c(S(=O)(=O)NCc2ccco2)cc1OC. The Bertz CT molecular complexity index is 870. The van der Waals surface area contributed by atoms with Crippen molar-refractivity contribution < 1.29 is 32.2 Å². The first-order chi connectivity index (χ1) is 11.9. The van der Waals surface area contributed by atoms with Crippen LogP contribution in [0.1, 0.15) is 11.3 Å². The zero-order valence-corrected chi connectivity index (χ0v) is 14.4. The van der Waals surface area contributed by atoms with Crippen molar-refractivity contribution in [3.8, 4) is 11.5 Å². The minimum Gasteiger partial charge on any atom is -0.493 e. The van der Waals surface area contributed by atoms with Gasteiger partial charge >= 0.3 is 5.97 Å². The number of rotatable bonds is 8. The summed E-state index contributed by atoms with van der Waals surface area (Å²) < 4.78 is 43.0. The van der Waals surface area contributed by atoms with Gasteiger partial charge in [0.15, 0.2) is 11.5 Å². The van der Waals surface area contributed by atoms with Crippen LogP contribution in [-0.4, -0.2) is 33.7 Å². The van der Waals surface area contributed by atoms with E-state index >= 15 is 0 Å².